The van der Waals surface area contributed by atoms with Gasteiger partial charge in [0.25, 0.3) is 5.91 Å². The zero-order valence-electron chi connectivity index (χ0n) is 13.2. The van der Waals surface area contributed by atoms with Crippen LogP contribution in [0.1, 0.15) is 36.0 Å². The van der Waals surface area contributed by atoms with Gasteiger partial charge in [-0.1, -0.05) is 17.7 Å². The first kappa shape index (κ1) is 16.7. The van der Waals surface area contributed by atoms with Crippen LogP contribution in [0.15, 0.2) is 30.5 Å². The smallest absolute Gasteiger partial charge is 0.303 e. The Kier molecular flexibility index (Phi) is 5.00. The molecule has 1 aliphatic rings. The molecule has 2 heterocycles. The molecule has 1 fully saturated rings. The second kappa shape index (κ2) is 7.18. The number of nitrogens with zero attached hydrogens (tertiary/aromatic N) is 2. The lowest BCUT2D eigenvalue weighted by atomic mass is 9.97. The molecule has 6 heteroatoms. The third-order valence-corrected chi connectivity index (χ3v) is 4.72. The first-order valence-electron chi connectivity index (χ1n) is 8.10. The fraction of sp³-hybridized carbons (Fsp3) is 0.389. The minimum atomic E-state index is -0.773. The van der Waals surface area contributed by atoms with E-state index in [4.69, 9.17) is 16.7 Å². The third kappa shape index (κ3) is 3.67. The van der Waals surface area contributed by atoms with Crippen LogP contribution in [0.2, 0.25) is 5.02 Å². The highest BCUT2D eigenvalue weighted by atomic mass is 35.5. The molecule has 2 aromatic rings. The lowest BCUT2D eigenvalue weighted by Gasteiger charge is -2.21. The monoisotopic (exact) mass is 346 g/mol. The summed E-state index contributed by atoms with van der Waals surface area (Å²) in [5, 5.41) is 10.3. The summed E-state index contributed by atoms with van der Waals surface area (Å²) in [6, 6.07) is 7.16. The van der Waals surface area contributed by atoms with Gasteiger partial charge in [0.05, 0.1) is 11.1 Å². The number of carboxylic acid groups (broad SMARTS) is 1. The number of benzene rings is 1. The Bertz CT molecular complexity index is 778. The quantitative estimate of drug-likeness (QED) is 0.921. The summed E-state index contributed by atoms with van der Waals surface area (Å²) in [4.78, 5) is 30.0. The van der Waals surface area contributed by atoms with E-state index in [0.29, 0.717) is 35.6 Å². The Morgan fingerprint density at radius 1 is 1.29 bits per heavy atom. The number of carboxylic acids is 1. The summed E-state index contributed by atoms with van der Waals surface area (Å²) in [5.41, 5.74) is 1.16. The van der Waals surface area contributed by atoms with Crippen molar-refractivity contribution in [3.05, 3.63) is 41.0 Å². The van der Waals surface area contributed by atoms with Gasteiger partial charge in [0.2, 0.25) is 0 Å². The van der Waals surface area contributed by atoms with Crippen LogP contribution >= 0.6 is 11.6 Å². The molecule has 1 aromatic carbocycles. The number of halogens is 1. The number of likely N-dealkylation sites (tertiary alicyclic amines) is 1. The fourth-order valence-corrected chi connectivity index (χ4v) is 3.54. The predicted octanol–water partition coefficient (Wildman–Crippen LogP) is 3.61. The molecule has 1 atom stereocenters. The van der Waals surface area contributed by atoms with Crippen LogP contribution in [-0.4, -0.2) is 40.0 Å². The Labute approximate surface area is 145 Å². The molecule has 0 bridgehead atoms. The van der Waals surface area contributed by atoms with Gasteiger partial charge in [0.1, 0.15) is 0 Å². The Balaban J connectivity index is 1.83. The van der Waals surface area contributed by atoms with Gasteiger partial charge in [-0.3, -0.25) is 14.6 Å². The Hall–Kier alpha value is -2.14. The average Bonchev–Trinajstić information content (AvgIpc) is 2.78. The van der Waals surface area contributed by atoms with Crippen LogP contribution in [0.25, 0.3) is 10.9 Å². The molecule has 3 rings (SSSR count). The van der Waals surface area contributed by atoms with E-state index in [1.165, 1.54) is 0 Å². The number of hydrogen-bond donors (Lipinski definition) is 1. The van der Waals surface area contributed by atoms with E-state index in [0.717, 1.165) is 18.2 Å². The summed E-state index contributed by atoms with van der Waals surface area (Å²) in [6.07, 6.45) is 4.20. The van der Waals surface area contributed by atoms with Crippen molar-refractivity contribution in [1.29, 1.82) is 0 Å². The topological polar surface area (TPSA) is 70.5 Å². The molecule has 1 saturated heterocycles. The number of carbonyl (C=O) groups excluding carboxylic acids is 1. The summed E-state index contributed by atoms with van der Waals surface area (Å²) >= 11 is 6.16. The number of rotatable bonds is 3. The molecule has 5 nitrogen and oxygen atoms in total. The van der Waals surface area contributed by atoms with E-state index in [9.17, 15) is 9.59 Å². The number of hydrogen-bond acceptors (Lipinski definition) is 3. The minimum Gasteiger partial charge on any atom is -0.481 e. The van der Waals surface area contributed by atoms with Gasteiger partial charge < -0.3 is 10.0 Å². The van der Waals surface area contributed by atoms with Gasteiger partial charge in [-0.05, 0) is 43.4 Å². The molecule has 0 aliphatic carbocycles. The van der Waals surface area contributed by atoms with E-state index in [1.54, 1.807) is 23.2 Å². The van der Waals surface area contributed by atoms with Crippen molar-refractivity contribution in [2.75, 3.05) is 13.1 Å². The zero-order chi connectivity index (χ0) is 17.1. The average molecular weight is 347 g/mol. The van der Waals surface area contributed by atoms with Gasteiger partial charge in [-0.15, -0.1) is 0 Å². The summed E-state index contributed by atoms with van der Waals surface area (Å²) in [5.74, 6) is -0.725. The number of aromatic nitrogens is 1. The van der Waals surface area contributed by atoms with Crippen molar-refractivity contribution >= 4 is 34.4 Å². The van der Waals surface area contributed by atoms with Gasteiger partial charge in [0, 0.05) is 36.1 Å². The second-order valence-electron chi connectivity index (χ2n) is 6.22. The Morgan fingerprint density at radius 3 is 2.92 bits per heavy atom. The summed E-state index contributed by atoms with van der Waals surface area (Å²) < 4.78 is 0. The first-order chi connectivity index (χ1) is 11.5. The second-order valence-corrected chi connectivity index (χ2v) is 6.65. The maximum absolute atomic E-state index is 13.0. The molecule has 1 aromatic heterocycles. The number of amides is 1. The predicted molar refractivity (Wildman–Crippen MR) is 92.3 cm³/mol. The van der Waals surface area contributed by atoms with Crippen molar-refractivity contribution in [1.82, 2.24) is 9.88 Å². The van der Waals surface area contributed by atoms with Crippen molar-refractivity contribution in [2.45, 2.75) is 25.7 Å². The number of carbonyl (C=O) groups is 2. The lowest BCUT2D eigenvalue weighted by Crippen LogP contribution is -2.32. The maximum atomic E-state index is 13.0. The molecule has 1 aliphatic heterocycles. The van der Waals surface area contributed by atoms with Crippen LogP contribution in [0.3, 0.4) is 0 Å². The molecule has 0 radical (unpaired) electrons. The minimum absolute atomic E-state index is 0.0859. The van der Waals surface area contributed by atoms with E-state index < -0.39 is 5.97 Å². The lowest BCUT2D eigenvalue weighted by molar-refractivity contribution is -0.138. The maximum Gasteiger partial charge on any atom is 0.303 e. The fourth-order valence-electron chi connectivity index (χ4n) is 3.31. The molecule has 1 N–H and O–H groups in total. The van der Waals surface area contributed by atoms with Crippen LogP contribution in [0.4, 0.5) is 0 Å². The number of aliphatic carboxylic acids is 1. The van der Waals surface area contributed by atoms with Crippen molar-refractivity contribution < 1.29 is 14.7 Å². The zero-order valence-corrected chi connectivity index (χ0v) is 14.0. The largest absolute Gasteiger partial charge is 0.481 e. The van der Waals surface area contributed by atoms with Crippen molar-refractivity contribution in [3.63, 3.8) is 0 Å². The third-order valence-electron chi connectivity index (χ3n) is 4.50. The van der Waals surface area contributed by atoms with Crippen LogP contribution < -0.4 is 0 Å². The molecule has 1 amide bonds. The molecule has 0 saturated carbocycles. The molecule has 126 valence electrons. The van der Waals surface area contributed by atoms with Crippen molar-refractivity contribution in [2.24, 2.45) is 5.92 Å². The van der Waals surface area contributed by atoms with E-state index in [1.807, 2.05) is 12.1 Å². The first-order valence-corrected chi connectivity index (χ1v) is 8.48. The van der Waals surface area contributed by atoms with E-state index in [-0.39, 0.29) is 18.2 Å². The molecular formula is C18H19ClN2O3. The molecule has 0 spiro atoms. The Morgan fingerprint density at radius 2 is 2.12 bits per heavy atom. The normalized spacial score (nSPS) is 18.4. The van der Waals surface area contributed by atoms with Gasteiger partial charge >= 0.3 is 5.97 Å². The SMILES string of the molecule is O=C(O)C[C@H]1CCCN(C(=O)c2cc(Cl)cc3cccnc23)CC1. The molecule has 24 heavy (non-hydrogen) atoms. The molecular weight excluding hydrogens is 328 g/mol. The van der Waals surface area contributed by atoms with Crippen molar-refractivity contribution in [3.8, 4) is 0 Å². The van der Waals surface area contributed by atoms with Gasteiger partial charge in [0.15, 0.2) is 0 Å². The highest BCUT2D eigenvalue weighted by molar-refractivity contribution is 6.32. The van der Waals surface area contributed by atoms with Crippen LogP contribution in [0.5, 0.6) is 0 Å². The van der Waals surface area contributed by atoms with Crippen LogP contribution in [0, 0.1) is 5.92 Å². The van der Waals surface area contributed by atoms with E-state index >= 15 is 0 Å². The van der Waals surface area contributed by atoms with Gasteiger partial charge in [-0.2, -0.15) is 0 Å². The molecule has 0 unspecified atom stereocenters. The number of fused-ring (bicyclic) bond motifs is 1. The summed E-state index contributed by atoms with van der Waals surface area (Å²) in [6.45, 7) is 1.20. The van der Waals surface area contributed by atoms with Gasteiger partial charge in [-0.25, -0.2) is 0 Å². The summed E-state index contributed by atoms with van der Waals surface area (Å²) in [7, 11) is 0. The number of pyridine rings is 1. The highest BCUT2D eigenvalue weighted by Crippen LogP contribution is 2.26. The van der Waals surface area contributed by atoms with E-state index in [2.05, 4.69) is 4.98 Å². The standard InChI is InChI=1S/C18H19ClN2O3/c19-14-10-13-4-1-6-20-17(13)15(11-14)18(24)21-7-2-3-12(5-8-21)9-16(22)23/h1,4,6,10-12H,2-3,5,7-9H2,(H,22,23)/t12-/m0/s1. The van der Waals surface area contributed by atoms with Crippen LogP contribution in [-0.2, 0) is 4.79 Å². The highest BCUT2D eigenvalue weighted by Gasteiger charge is 2.24.